The molecule has 0 aromatic heterocycles. The number of anilines is 2. The zero-order valence-electron chi connectivity index (χ0n) is 11.7. The number of hydrogen-bond acceptors (Lipinski definition) is 4. The average Bonchev–Trinajstić information content (AvgIpc) is 2.40. The van der Waals surface area contributed by atoms with Crippen molar-refractivity contribution in [2.24, 2.45) is 0 Å². The van der Waals surface area contributed by atoms with Gasteiger partial charge in [-0.1, -0.05) is 33.6 Å². The van der Waals surface area contributed by atoms with E-state index >= 15 is 0 Å². The van der Waals surface area contributed by atoms with Gasteiger partial charge in [0.2, 0.25) is 10.0 Å². The second kappa shape index (κ2) is 6.68. The Morgan fingerprint density at radius 2 is 1.70 bits per heavy atom. The molecular weight excluding hydrogens is 428 g/mol. The van der Waals surface area contributed by atoms with Crippen LogP contribution in [-0.2, 0) is 20.0 Å². The SMILES string of the molecule is CS(=O)(=O)Nc1ccc(NS(=O)(=O)c2cccc(Br)c2)cc1Cl. The second-order valence-corrected chi connectivity index (χ2v) is 9.39. The highest BCUT2D eigenvalue weighted by molar-refractivity contribution is 9.10. The van der Waals surface area contributed by atoms with Crippen LogP contribution in [0.2, 0.25) is 5.02 Å². The summed E-state index contributed by atoms with van der Waals surface area (Å²) in [7, 11) is -7.25. The van der Waals surface area contributed by atoms with E-state index in [0.29, 0.717) is 4.47 Å². The van der Waals surface area contributed by atoms with Gasteiger partial charge in [-0.2, -0.15) is 0 Å². The Morgan fingerprint density at radius 1 is 1.00 bits per heavy atom. The second-order valence-electron chi connectivity index (χ2n) is 4.63. The topological polar surface area (TPSA) is 92.3 Å². The van der Waals surface area contributed by atoms with E-state index in [1.54, 1.807) is 12.1 Å². The fourth-order valence-corrected chi connectivity index (χ4v) is 4.22. The van der Waals surface area contributed by atoms with E-state index in [-0.39, 0.29) is 21.3 Å². The Balaban J connectivity index is 2.28. The van der Waals surface area contributed by atoms with Gasteiger partial charge in [-0.15, -0.1) is 0 Å². The molecule has 2 aromatic carbocycles. The molecule has 0 atom stereocenters. The van der Waals surface area contributed by atoms with Crippen LogP contribution in [0.4, 0.5) is 11.4 Å². The first kappa shape index (κ1) is 18.1. The van der Waals surface area contributed by atoms with Crippen molar-refractivity contribution in [3.63, 3.8) is 0 Å². The zero-order chi connectivity index (χ0) is 17.3. The molecule has 0 fully saturated rings. The smallest absolute Gasteiger partial charge is 0.261 e. The minimum Gasteiger partial charge on any atom is -0.282 e. The third kappa shape index (κ3) is 5.10. The molecule has 0 bridgehead atoms. The summed E-state index contributed by atoms with van der Waals surface area (Å²) in [4.78, 5) is 0.0846. The molecule has 2 rings (SSSR count). The quantitative estimate of drug-likeness (QED) is 0.748. The maximum atomic E-state index is 12.3. The zero-order valence-corrected chi connectivity index (χ0v) is 15.7. The van der Waals surface area contributed by atoms with Gasteiger partial charge in [0.1, 0.15) is 0 Å². The number of halogens is 2. The number of nitrogens with one attached hydrogen (secondary N) is 2. The molecule has 0 saturated carbocycles. The molecule has 124 valence electrons. The summed E-state index contributed by atoms with van der Waals surface area (Å²) in [5, 5.41) is 0.0740. The molecule has 0 aliphatic rings. The summed E-state index contributed by atoms with van der Waals surface area (Å²) in [6, 6.07) is 10.3. The van der Waals surface area contributed by atoms with E-state index in [1.807, 2.05) is 0 Å². The minimum atomic E-state index is -3.78. The fourth-order valence-electron chi connectivity index (χ4n) is 1.71. The highest BCUT2D eigenvalue weighted by Crippen LogP contribution is 2.28. The van der Waals surface area contributed by atoms with Gasteiger partial charge in [0, 0.05) is 4.47 Å². The van der Waals surface area contributed by atoms with Gasteiger partial charge in [-0.05, 0) is 36.4 Å². The molecule has 0 heterocycles. The van der Waals surface area contributed by atoms with Gasteiger partial charge in [-0.25, -0.2) is 16.8 Å². The van der Waals surface area contributed by atoms with Gasteiger partial charge < -0.3 is 0 Å². The molecule has 0 radical (unpaired) electrons. The maximum Gasteiger partial charge on any atom is 0.261 e. The molecular formula is C13H12BrClN2O4S2. The van der Waals surface area contributed by atoms with Crippen molar-refractivity contribution >= 4 is 59.0 Å². The molecule has 0 aliphatic heterocycles. The van der Waals surface area contributed by atoms with Crippen LogP contribution in [0.5, 0.6) is 0 Å². The lowest BCUT2D eigenvalue weighted by atomic mass is 10.3. The van der Waals surface area contributed by atoms with E-state index in [2.05, 4.69) is 25.4 Å². The van der Waals surface area contributed by atoms with E-state index < -0.39 is 20.0 Å². The number of sulfonamides is 2. The summed E-state index contributed by atoms with van der Waals surface area (Å²) in [6.45, 7) is 0. The molecule has 23 heavy (non-hydrogen) atoms. The van der Waals surface area contributed by atoms with Crippen LogP contribution < -0.4 is 9.44 Å². The summed E-state index contributed by atoms with van der Waals surface area (Å²) in [5.41, 5.74) is 0.383. The highest BCUT2D eigenvalue weighted by atomic mass is 79.9. The van der Waals surface area contributed by atoms with Crippen molar-refractivity contribution < 1.29 is 16.8 Å². The van der Waals surface area contributed by atoms with Crippen LogP contribution in [0.3, 0.4) is 0 Å². The first-order valence-electron chi connectivity index (χ1n) is 6.12. The Morgan fingerprint density at radius 3 is 2.26 bits per heavy atom. The average molecular weight is 440 g/mol. The van der Waals surface area contributed by atoms with Gasteiger partial charge in [-0.3, -0.25) is 9.44 Å². The Bertz CT molecular complexity index is 946. The monoisotopic (exact) mass is 438 g/mol. The summed E-state index contributed by atoms with van der Waals surface area (Å²) >= 11 is 9.18. The number of rotatable bonds is 5. The van der Waals surface area contributed by atoms with Crippen molar-refractivity contribution in [3.8, 4) is 0 Å². The molecule has 6 nitrogen and oxygen atoms in total. The van der Waals surface area contributed by atoms with E-state index in [0.717, 1.165) is 6.26 Å². The van der Waals surface area contributed by atoms with Crippen LogP contribution in [0.15, 0.2) is 51.8 Å². The first-order chi connectivity index (χ1) is 10.6. The molecule has 2 aromatic rings. The lowest BCUT2D eigenvalue weighted by Gasteiger charge is -2.11. The van der Waals surface area contributed by atoms with Crippen LogP contribution in [-0.4, -0.2) is 23.1 Å². The highest BCUT2D eigenvalue weighted by Gasteiger charge is 2.15. The van der Waals surface area contributed by atoms with E-state index in [4.69, 9.17) is 11.6 Å². The predicted molar refractivity (Wildman–Crippen MR) is 94.9 cm³/mol. The maximum absolute atomic E-state index is 12.3. The minimum absolute atomic E-state index is 0.0740. The van der Waals surface area contributed by atoms with Crippen LogP contribution in [0.1, 0.15) is 0 Å². The van der Waals surface area contributed by atoms with E-state index in [9.17, 15) is 16.8 Å². The molecule has 10 heteroatoms. The predicted octanol–water partition coefficient (Wildman–Crippen LogP) is 3.27. The first-order valence-corrected chi connectivity index (χ1v) is 10.7. The molecule has 2 N–H and O–H groups in total. The van der Waals surface area contributed by atoms with Crippen molar-refractivity contribution in [1.29, 1.82) is 0 Å². The number of benzene rings is 2. The van der Waals surface area contributed by atoms with Gasteiger partial charge in [0.25, 0.3) is 10.0 Å². The van der Waals surface area contributed by atoms with Crippen molar-refractivity contribution in [2.75, 3.05) is 15.7 Å². The van der Waals surface area contributed by atoms with Crippen LogP contribution in [0, 0.1) is 0 Å². The van der Waals surface area contributed by atoms with Crippen LogP contribution in [0.25, 0.3) is 0 Å². The molecule has 0 spiro atoms. The third-order valence-corrected chi connectivity index (χ3v) is 5.40. The molecule has 0 aliphatic carbocycles. The summed E-state index contributed by atoms with van der Waals surface area (Å²) in [5.74, 6) is 0. The lowest BCUT2D eigenvalue weighted by molar-refractivity contribution is 0.600. The van der Waals surface area contributed by atoms with Crippen LogP contribution >= 0.6 is 27.5 Å². The van der Waals surface area contributed by atoms with Crippen molar-refractivity contribution in [3.05, 3.63) is 52.0 Å². The van der Waals surface area contributed by atoms with Crippen molar-refractivity contribution in [2.45, 2.75) is 4.90 Å². The third-order valence-electron chi connectivity index (χ3n) is 2.62. The Hall–Kier alpha value is -1.29. The Kier molecular flexibility index (Phi) is 5.24. The van der Waals surface area contributed by atoms with Gasteiger partial charge in [0.15, 0.2) is 0 Å². The molecule has 0 unspecified atom stereocenters. The molecule has 0 saturated heterocycles. The fraction of sp³-hybridized carbons (Fsp3) is 0.0769. The normalized spacial score (nSPS) is 12.0. The summed E-state index contributed by atoms with van der Waals surface area (Å²) in [6.07, 6.45) is 0.993. The largest absolute Gasteiger partial charge is 0.282 e. The van der Waals surface area contributed by atoms with Gasteiger partial charge in [0.05, 0.1) is 27.5 Å². The van der Waals surface area contributed by atoms with E-state index in [1.165, 1.54) is 30.3 Å². The van der Waals surface area contributed by atoms with Crippen molar-refractivity contribution in [1.82, 2.24) is 0 Å². The molecule has 0 amide bonds. The lowest BCUT2D eigenvalue weighted by Crippen LogP contribution is -2.13. The summed E-state index contributed by atoms with van der Waals surface area (Å²) < 4.78 is 52.2. The van der Waals surface area contributed by atoms with Gasteiger partial charge >= 0.3 is 0 Å². The Labute approximate surface area is 148 Å². The standard InChI is InChI=1S/C13H12BrClN2O4S2/c1-22(18,19)17-13-6-5-10(8-12(13)15)16-23(20,21)11-4-2-3-9(14)7-11/h2-8,16-17H,1H3. The number of hydrogen-bond donors (Lipinski definition) is 2.